The Morgan fingerprint density at radius 1 is 1.57 bits per heavy atom. The molecule has 1 aromatic heterocycles. The van der Waals surface area contributed by atoms with Crippen LogP contribution in [0.5, 0.6) is 5.88 Å². The van der Waals surface area contributed by atoms with Gasteiger partial charge in [0.05, 0.1) is 7.11 Å². The van der Waals surface area contributed by atoms with Crippen molar-refractivity contribution in [2.75, 3.05) is 7.11 Å². The minimum absolute atomic E-state index is 0.747. The molecule has 0 saturated heterocycles. The lowest BCUT2D eigenvalue weighted by Gasteiger charge is -2.06. The lowest BCUT2D eigenvalue weighted by molar-refractivity contribution is 0.388. The van der Waals surface area contributed by atoms with E-state index in [1.54, 1.807) is 7.11 Å². The summed E-state index contributed by atoms with van der Waals surface area (Å²) in [6.07, 6.45) is 4.29. The van der Waals surface area contributed by atoms with Gasteiger partial charge in [0, 0.05) is 11.8 Å². The summed E-state index contributed by atoms with van der Waals surface area (Å²) >= 11 is 0. The Bertz CT molecular complexity index is 338. The molecule has 1 fully saturated rings. The summed E-state index contributed by atoms with van der Waals surface area (Å²) in [6.45, 7) is 4.16. The van der Waals surface area contributed by atoms with E-state index in [4.69, 9.17) is 4.74 Å². The second-order valence-electron chi connectivity index (χ2n) is 4.13. The van der Waals surface area contributed by atoms with Crippen LogP contribution in [0.3, 0.4) is 0 Å². The van der Waals surface area contributed by atoms with E-state index in [1.807, 2.05) is 13.1 Å². The van der Waals surface area contributed by atoms with Gasteiger partial charge in [0.25, 0.3) is 0 Å². The first-order chi connectivity index (χ1) is 6.70. The highest BCUT2D eigenvalue weighted by atomic mass is 16.5. The third-order valence-corrected chi connectivity index (χ3v) is 2.90. The maximum absolute atomic E-state index is 5.24. The number of nitrogens with zero attached hydrogens (tertiary/aromatic N) is 2. The van der Waals surface area contributed by atoms with E-state index in [0.29, 0.717) is 0 Å². The number of methoxy groups -OCH3 is 1. The first-order valence-corrected chi connectivity index (χ1v) is 5.07. The van der Waals surface area contributed by atoms with Crippen LogP contribution in [0.25, 0.3) is 0 Å². The zero-order valence-corrected chi connectivity index (χ0v) is 8.95. The molecule has 3 nitrogen and oxygen atoms in total. The first-order valence-electron chi connectivity index (χ1n) is 5.07. The van der Waals surface area contributed by atoms with Crippen molar-refractivity contribution in [3.8, 4) is 5.88 Å². The molecule has 0 amide bonds. The molecule has 0 bridgehead atoms. The fourth-order valence-electron chi connectivity index (χ4n) is 1.76. The van der Waals surface area contributed by atoms with Crippen LogP contribution in [0.2, 0.25) is 0 Å². The summed E-state index contributed by atoms with van der Waals surface area (Å²) in [5.41, 5.74) is 1.15. The van der Waals surface area contributed by atoms with E-state index in [-0.39, 0.29) is 0 Å². The van der Waals surface area contributed by atoms with Crippen LogP contribution in [0.4, 0.5) is 0 Å². The fourth-order valence-corrected chi connectivity index (χ4v) is 1.76. The minimum atomic E-state index is 0.747. The van der Waals surface area contributed by atoms with Gasteiger partial charge in [-0.15, -0.1) is 0 Å². The van der Waals surface area contributed by atoms with Crippen molar-refractivity contribution in [3.63, 3.8) is 0 Å². The molecule has 1 aliphatic carbocycles. The van der Waals surface area contributed by atoms with Gasteiger partial charge >= 0.3 is 0 Å². The standard InChI is InChI=1S/C11H16N2O/c1-7-4-9(7)5-10-6-12-8(2)13-11(10)14-3/h6-7,9H,4-5H2,1-3H3. The van der Waals surface area contributed by atoms with Gasteiger partial charge in [-0.05, 0) is 31.6 Å². The van der Waals surface area contributed by atoms with E-state index < -0.39 is 0 Å². The number of aryl methyl sites for hydroxylation is 1. The molecule has 0 aliphatic heterocycles. The van der Waals surface area contributed by atoms with E-state index in [1.165, 1.54) is 6.42 Å². The predicted octanol–water partition coefficient (Wildman–Crippen LogP) is 1.99. The Morgan fingerprint density at radius 2 is 2.29 bits per heavy atom. The highest BCUT2D eigenvalue weighted by Gasteiger charge is 2.33. The van der Waals surface area contributed by atoms with Gasteiger partial charge in [0.1, 0.15) is 5.82 Å². The highest BCUT2D eigenvalue weighted by Crippen LogP contribution is 2.41. The minimum Gasteiger partial charge on any atom is -0.481 e. The van der Waals surface area contributed by atoms with Crippen molar-refractivity contribution in [2.45, 2.75) is 26.7 Å². The summed E-state index contributed by atoms with van der Waals surface area (Å²) in [6, 6.07) is 0. The number of aromatic nitrogens is 2. The number of rotatable bonds is 3. The SMILES string of the molecule is COc1nc(C)ncc1CC1CC1C. The Morgan fingerprint density at radius 3 is 2.86 bits per heavy atom. The van der Waals surface area contributed by atoms with Crippen molar-refractivity contribution >= 4 is 0 Å². The van der Waals surface area contributed by atoms with E-state index in [2.05, 4.69) is 16.9 Å². The molecule has 0 N–H and O–H groups in total. The van der Waals surface area contributed by atoms with Gasteiger partial charge in [0.2, 0.25) is 5.88 Å². The molecule has 1 aromatic rings. The number of hydrogen-bond donors (Lipinski definition) is 0. The summed E-state index contributed by atoms with van der Waals surface area (Å²) in [7, 11) is 1.67. The van der Waals surface area contributed by atoms with E-state index >= 15 is 0 Å². The molecule has 2 unspecified atom stereocenters. The molecule has 0 aromatic carbocycles. The van der Waals surface area contributed by atoms with Crippen LogP contribution in [-0.4, -0.2) is 17.1 Å². The summed E-state index contributed by atoms with van der Waals surface area (Å²) in [4.78, 5) is 8.47. The zero-order valence-electron chi connectivity index (χ0n) is 8.95. The molecular weight excluding hydrogens is 176 g/mol. The van der Waals surface area contributed by atoms with E-state index in [9.17, 15) is 0 Å². The van der Waals surface area contributed by atoms with Gasteiger partial charge in [0.15, 0.2) is 0 Å². The molecule has 1 aliphatic rings. The van der Waals surface area contributed by atoms with Crippen LogP contribution in [0.1, 0.15) is 24.7 Å². The van der Waals surface area contributed by atoms with Crippen molar-refractivity contribution in [3.05, 3.63) is 17.6 Å². The smallest absolute Gasteiger partial charge is 0.219 e. The molecule has 3 heteroatoms. The number of ether oxygens (including phenoxy) is 1. The average Bonchev–Trinajstić information content (AvgIpc) is 2.85. The molecule has 76 valence electrons. The predicted molar refractivity (Wildman–Crippen MR) is 54.3 cm³/mol. The fraction of sp³-hybridized carbons (Fsp3) is 0.636. The van der Waals surface area contributed by atoms with Gasteiger partial charge in [-0.25, -0.2) is 4.98 Å². The summed E-state index contributed by atoms with van der Waals surface area (Å²) in [5, 5.41) is 0. The van der Waals surface area contributed by atoms with Crippen LogP contribution in [0, 0.1) is 18.8 Å². The van der Waals surface area contributed by atoms with Crippen LogP contribution >= 0.6 is 0 Å². The third-order valence-electron chi connectivity index (χ3n) is 2.90. The molecule has 14 heavy (non-hydrogen) atoms. The Balaban J connectivity index is 2.15. The largest absolute Gasteiger partial charge is 0.481 e. The Kier molecular flexibility index (Phi) is 2.40. The summed E-state index contributed by atoms with van der Waals surface area (Å²) in [5.74, 6) is 3.20. The average molecular weight is 192 g/mol. The lowest BCUT2D eigenvalue weighted by Crippen LogP contribution is -2.00. The van der Waals surface area contributed by atoms with Crippen molar-refractivity contribution in [2.24, 2.45) is 11.8 Å². The zero-order chi connectivity index (χ0) is 10.1. The van der Waals surface area contributed by atoms with Crippen molar-refractivity contribution < 1.29 is 4.74 Å². The van der Waals surface area contributed by atoms with Crippen molar-refractivity contribution in [1.29, 1.82) is 0 Å². The topological polar surface area (TPSA) is 35.0 Å². The quantitative estimate of drug-likeness (QED) is 0.734. The Labute approximate surface area is 84.5 Å². The van der Waals surface area contributed by atoms with E-state index in [0.717, 1.165) is 35.5 Å². The molecule has 1 heterocycles. The Hall–Kier alpha value is -1.12. The maximum Gasteiger partial charge on any atom is 0.219 e. The number of hydrogen-bond acceptors (Lipinski definition) is 3. The molecule has 2 atom stereocenters. The second kappa shape index (κ2) is 3.56. The first kappa shape index (κ1) is 9.44. The van der Waals surface area contributed by atoms with Gasteiger partial charge in [-0.1, -0.05) is 6.92 Å². The highest BCUT2D eigenvalue weighted by molar-refractivity contribution is 5.25. The summed E-state index contributed by atoms with van der Waals surface area (Å²) < 4.78 is 5.24. The van der Waals surface area contributed by atoms with Gasteiger partial charge in [-0.3, -0.25) is 0 Å². The van der Waals surface area contributed by atoms with Crippen LogP contribution in [0.15, 0.2) is 6.20 Å². The molecule has 1 saturated carbocycles. The monoisotopic (exact) mass is 192 g/mol. The normalized spacial score (nSPS) is 24.8. The van der Waals surface area contributed by atoms with Gasteiger partial charge in [-0.2, -0.15) is 4.98 Å². The molecule has 2 rings (SSSR count). The molecule has 0 radical (unpaired) electrons. The lowest BCUT2D eigenvalue weighted by atomic mass is 10.1. The van der Waals surface area contributed by atoms with Crippen molar-refractivity contribution in [1.82, 2.24) is 9.97 Å². The third kappa shape index (κ3) is 1.86. The molecular formula is C11H16N2O. The molecule has 0 spiro atoms. The second-order valence-corrected chi connectivity index (χ2v) is 4.13. The van der Waals surface area contributed by atoms with Crippen LogP contribution in [-0.2, 0) is 6.42 Å². The van der Waals surface area contributed by atoms with Gasteiger partial charge < -0.3 is 4.74 Å². The van der Waals surface area contributed by atoms with Crippen LogP contribution < -0.4 is 4.74 Å². The maximum atomic E-state index is 5.24.